The van der Waals surface area contributed by atoms with E-state index in [2.05, 4.69) is 9.97 Å². The number of hydrogen-bond donors (Lipinski definition) is 0. The van der Waals surface area contributed by atoms with E-state index in [-0.39, 0.29) is 11.7 Å². The molecule has 0 unspecified atom stereocenters. The zero-order valence-corrected chi connectivity index (χ0v) is 13.3. The molecule has 0 saturated heterocycles. The van der Waals surface area contributed by atoms with Crippen molar-refractivity contribution < 1.29 is 9.18 Å². The highest BCUT2D eigenvalue weighted by Gasteiger charge is 2.18. The van der Waals surface area contributed by atoms with Gasteiger partial charge in [0, 0.05) is 26.0 Å². The molecule has 4 nitrogen and oxygen atoms in total. The van der Waals surface area contributed by atoms with Crippen molar-refractivity contribution >= 4 is 17.2 Å². The molecule has 23 heavy (non-hydrogen) atoms. The Morgan fingerprint density at radius 3 is 2.74 bits per heavy atom. The van der Waals surface area contributed by atoms with Crippen molar-refractivity contribution in [2.24, 2.45) is 0 Å². The highest BCUT2D eigenvalue weighted by atomic mass is 32.1. The van der Waals surface area contributed by atoms with Crippen molar-refractivity contribution in [2.45, 2.75) is 6.54 Å². The van der Waals surface area contributed by atoms with Crippen molar-refractivity contribution in [3.63, 3.8) is 0 Å². The van der Waals surface area contributed by atoms with Gasteiger partial charge in [-0.05, 0) is 29.8 Å². The van der Waals surface area contributed by atoms with Gasteiger partial charge in [0.1, 0.15) is 5.82 Å². The van der Waals surface area contributed by atoms with Gasteiger partial charge in [0.2, 0.25) is 0 Å². The van der Waals surface area contributed by atoms with Crippen molar-refractivity contribution in [3.8, 4) is 10.6 Å². The minimum atomic E-state index is -0.289. The van der Waals surface area contributed by atoms with Crippen LogP contribution >= 0.6 is 11.3 Å². The van der Waals surface area contributed by atoms with Gasteiger partial charge in [-0.2, -0.15) is 0 Å². The first kappa shape index (κ1) is 15.3. The quantitative estimate of drug-likeness (QED) is 0.735. The molecule has 0 saturated carbocycles. The first-order valence-electron chi connectivity index (χ1n) is 6.99. The van der Waals surface area contributed by atoms with Gasteiger partial charge in [-0.25, -0.2) is 4.39 Å². The Balaban J connectivity index is 1.84. The summed E-state index contributed by atoms with van der Waals surface area (Å²) in [7, 11) is 1.72. The highest BCUT2D eigenvalue weighted by Crippen LogP contribution is 2.25. The van der Waals surface area contributed by atoms with Crippen LogP contribution in [0, 0.1) is 5.82 Å². The molecule has 0 aliphatic heterocycles. The fourth-order valence-electron chi connectivity index (χ4n) is 2.25. The topological polar surface area (TPSA) is 46.1 Å². The van der Waals surface area contributed by atoms with Crippen LogP contribution in [0.3, 0.4) is 0 Å². The molecular formula is C17H14FN3OS. The fraction of sp³-hybridized carbons (Fsp3) is 0.118. The molecule has 0 fully saturated rings. The molecule has 3 rings (SSSR count). The number of nitrogens with zero attached hydrogens (tertiary/aromatic N) is 3. The fourth-order valence-corrected chi connectivity index (χ4v) is 2.88. The lowest BCUT2D eigenvalue weighted by molar-refractivity contribution is 0.0785. The summed E-state index contributed by atoms with van der Waals surface area (Å²) in [6, 6.07) is 9.62. The average molecular weight is 327 g/mol. The standard InChI is InChI=1S/C17H14FN3OS/c1-21(10-12-4-6-13(18)7-5-12)17(22)14-3-2-8-20-16(14)15-9-19-11-23-15/h2-9,11H,10H2,1H3. The van der Waals surface area contributed by atoms with E-state index in [4.69, 9.17) is 0 Å². The number of halogens is 1. The molecule has 0 radical (unpaired) electrons. The minimum Gasteiger partial charge on any atom is -0.337 e. The lowest BCUT2D eigenvalue weighted by Gasteiger charge is -2.18. The summed E-state index contributed by atoms with van der Waals surface area (Å²) in [5, 5.41) is 0. The summed E-state index contributed by atoms with van der Waals surface area (Å²) in [6.07, 6.45) is 3.36. The Morgan fingerprint density at radius 1 is 1.26 bits per heavy atom. The van der Waals surface area contributed by atoms with Crippen LogP contribution in [-0.4, -0.2) is 27.8 Å². The summed E-state index contributed by atoms with van der Waals surface area (Å²) in [5.74, 6) is -0.423. The molecule has 2 aromatic heterocycles. The van der Waals surface area contributed by atoms with Crippen LogP contribution in [0.25, 0.3) is 10.6 Å². The zero-order chi connectivity index (χ0) is 16.2. The van der Waals surface area contributed by atoms with E-state index in [9.17, 15) is 9.18 Å². The molecule has 116 valence electrons. The molecule has 0 bridgehead atoms. The smallest absolute Gasteiger partial charge is 0.256 e. The molecule has 0 atom stereocenters. The van der Waals surface area contributed by atoms with Crippen LogP contribution in [0.5, 0.6) is 0 Å². The maximum Gasteiger partial charge on any atom is 0.256 e. The Kier molecular flexibility index (Phi) is 4.43. The monoisotopic (exact) mass is 327 g/mol. The number of amides is 1. The second-order valence-electron chi connectivity index (χ2n) is 5.05. The van der Waals surface area contributed by atoms with E-state index in [0.29, 0.717) is 17.8 Å². The number of hydrogen-bond acceptors (Lipinski definition) is 4. The molecule has 1 aromatic carbocycles. The number of aromatic nitrogens is 2. The molecule has 1 amide bonds. The molecule has 6 heteroatoms. The Bertz CT molecular complexity index is 803. The maximum absolute atomic E-state index is 13.0. The molecule has 0 N–H and O–H groups in total. The highest BCUT2D eigenvalue weighted by molar-refractivity contribution is 7.13. The van der Waals surface area contributed by atoms with Gasteiger partial charge >= 0.3 is 0 Å². The summed E-state index contributed by atoms with van der Waals surface area (Å²) in [6.45, 7) is 0.399. The lowest BCUT2D eigenvalue weighted by Crippen LogP contribution is -2.26. The molecule has 0 spiro atoms. The SMILES string of the molecule is CN(Cc1ccc(F)cc1)C(=O)c1cccnc1-c1cncs1. The van der Waals surface area contributed by atoms with Gasteiger partial charge in [-0.1, -0.05) is 12.1 Å². The Hall–Kier alpha value is -2.60. The van der Waals surface area contributed by atoms with Crippen LogP contribution in [0.2, 0.25) is 0 Å². The van der Waals surface area contributed by atoms with Gasteiger partial charge in [0.25, 0.3) is 5.91 Å². The summed E-state index contributed by atoms with van der Waals surface area (Å²) < 4.78 is 13.0. The molecule has 0 aliphatic carbocycles. The van der Waals surface area contributed by atoms with E-state index in [0.717, 1.165) is 10.4 Å². The summed E-state index contributed by atoms with van der Waals surface area (Å²) in [5.41, 5.74) is 3.73. The largest absolute Gasteiger partial charge is 0.337 e. The number of rotatable bonds is 4. The number of benzene rings is 1. The van der Waals surface area contributed by atoms with E-state index in [1.54, 1.807) is 54.1 Å². The number of carbonyl (C=O) groups is 1. The number of carbonyl (C=O) groups excluding carboxylic acids is 1. The van der Waals surface area contributed by atoms with E-state index >= 15 is 0 Å². The van der Waals surface area contributed by atoms with Gasteiger partial charge in [0.15, 0.2) is 0 Å². The van der Waals surface area contributed by atoms with Gasteiger partial charge in [-0.3, -0.25) is 14.8 Å². The lowest BCUT2D eigenvalue weighted by atomic mass is 10.1. The normalized spacial score (nSPS) is 10.5. The molecule has 3 aromatic rings. The maximum atomic E-state index is 13.0. The van der Waals surface area contributed by atoms with Crippen LogP contribution in [0.15, 0.2) is 54.3 Å². The van der Waals surface area contributed by atoms with E-state index in [1.165, 1.54) is 23.5 Å². The second kappa shape index (κ2) is 6.66. The predicted molar refractivity (Wildman–Crippen MR) is 87.5 cm³/mol. The zero-order valence-electron chi connectivity index (χ0n) is 12.4. The molecular weight excluding hydrogens is 313 g/mol. The van der Waals surface area contributed by atoms with Crippen LogP contribution in [-0.2, 0) is 6.54 Å². The van der Waals surface area contributed by atoms with Crippen LogP contribution in [0.4, 0.5) is 4.39 Å². The van der Waals surface area contributed by atoms with Gasteiger partial charge in [0.05, 0.1) is 21.6 Å². The van der Waals surface area contributed by atoms with Gasteiger partial charge < -0.3 is 4.90 Å². The Labute approximate surface area is 137 Å². The third-order valence-corrected chi connectivity index (χ3v) is 4.16. The first-order valence-corrected chi connectivity index (χ1v) is 7.87. The molecule has 2 heterocycles. The Morgan fingerprint density at radius 2 is 2.04 bits per heavy atom. The minimum absolute atomic E-state index is 0.133. The van der Waals surface area contributed by atoms with Crippen molar-refractivity contribution in [1.29, 1.82) is 0 Å². The van der Waals surface area contributed by atoms with E-state index in [1.807, 2.05) is 0 Å². The average Bonchev–Trinajstić information content (AvgIpc) is 3.10. The summed E-state index contributed by atoms with van der Waals surface area (Å²) >= 11 is 1.44. The molecule has 0 aliphatic rings. The van der Waals surface area contributed by atoms with Crippen LogP contribution in [0.1, 0.15) is 15.9 Å². The predicted octanol–water partition coefficient (Wildman–Crippen LogP) is 3.62. The van der Waals surface area contributed by atoms with Crippen molar-refractivity contribution in [2.75, 3.05) is 7.05 Å². The van der Waals surface area contributed by atoms with Crippen molar-refractivity contribution in [3.05, 3.63) is 71.2 Å². The number of pyridine rings is 1. The first-order chi connectivity index (χ1) is 11.1. The van der Waals surface area contributed by atoms with Crippen molar-refractivity contribution in [1.82, 2.24) is 14.9 Å². The second-order valence-corrected chi connectivity index (χ2v) is 5.94. The van der Waals surface area contributed by atoms with Crippen LogP contribution < -0.4 is 0 Å². The van der Waals surface area contributed by atoms with E-state index < -0.39 is 0 Å². The third kappa shape index (κ3) is 3.43. The third-order valence-electron chi connectivity index (χ3n) is 3.38. The van der Waals surface area contributed by atoms with Gasteiger partial charge in [-0.15, -0.1) is 11.3 Å². The number of thiazole rings is 1. The summed E-state index contributed by atoms with van der Waals surface area (Å²) in [4.78, 5) is 23.5.